The van der Waals surface area contributed by atoms with Crippen LogP contribution >= 0.6 is 0 Å². The Bertz CT molecular complexity index is 199. The standard InChI is InChI=1S/C8H8O2/c9-8(10)6-5-7-3-1-2-4-7/h1-7H,(H,9,10)/b6-5+. The molecule has 0 spiro atoms. The van der Waals surface area contributed by atoms with Gasteiger partial charge in [0.2, 0.25) is 0 Å². The lowest BCUT2D eigenvalue weighted by Crippen LogP contribution is -1.89. The summed E-state index contributed by atoms with van der Waals surface area (Å²) in [4.78, 5) is 10.0. The second kappa shape index (κ2) is 3.01. The predicted molar refractivity (Wildman–Crippen MR) is 38.5 cm³/mol. The largest absolute Gasteiger partial charge is 0.478 e. The van der Waals surface area contributed by atoms with Crippen LogP contribution in [0.2, 0.25) is 0 Å². The highest BCUT2D eigenvalue weighted by atomic mass is 16.4. The van der Waals surface area contributed by atoms with Crippen LogP contribution in [0.5, 0.6) is 0 Å². The lowest BCUT2D eigenvalue weighted by molar-refractivity contribution is -0.131. The summed E-state index contributed by atoms with van der Waals surface area (Å²) >= 11 is 0. The first-order valence-corrected chi connectivity index (χ1v) is 3.05. The van der Waals surface area contributed by atoms with Gasteiger partial charge in [-0.05, 0) is 0 Å². The van der Waals surface area contributed by atoms with Crippen molar-refractivity contribution in [1.82, 2.24) is 0 Å². The van der Waals surface area contributed by atoms with Crippen LogP contribution in [0.3, 0.4) is 0 Å². The van der Waals surface area contributed by atoms with Gasteiger partial charge < -0.3 is 5.11 Å². The van der Waals surface area contributed by atoms with E-state index in [1.165, 1.54) is 0 Å². The summed E-state index contributed by atoms with van der Waals surface area (Å²) in [5.74, 6) is -0.718. The third-order valence-electron chi connectivity index (χ3n) is 1.24. The monoisotopic (exact) mass is 136 g/mol. The van der Waals surface area contributed by atoms with Crippen molar-refractivity contribution in [2.24, 2.45) is 5.92 Å². The molecular formula is C8H8O2. The van der Waals surface area contributed by atoms with Gasteiger partial charge >= 0.3 is 5.97 Å². The van der Waals surface area contributed by atoms with Gasteiger partial charge in [0.05, 0.1) is 0 Å². The van der Waals surface area contributed by atoms with Crippen LogP contribution in [-0.4, -0.2) is 11.1 Å². The molecule has 1 aliphatic carbocycles. The molecule has 2 heteroatoms. The van der Waals surface area contributed by atoms with Gasteiger partial charge in [0.15, 0.2) is 0 Å². The van der Waals surface area contributed by atoms with Crippen molar-refractivity contribution in [3.8, 4) is 0 Å². The van der Waals surface area contributed by atoms with E-state index in [0.717, 1.165) is 6.08 Å². The Kier molecular flexibility index (Phi) is 2.05. The molecule has 1 rings (SSSR count). The minimum absolute atomic E-state index is 0.177. The molecule has 0 unspecified atom stereocenters. The number of carboxylic acid groups (broad SMARTS) is 1. The van der Waals surface area contributed by atoms with Gasteiger partial charge in [0.1, 0.15) is 0 Å². The van der Waals surface area contributed by atoms with Gasteiger partial charge in [0.25, 0.3) is 0 Å². The molecule has 1 N–H and O–H groups in total. The fourth-order valence-electron chi connectivity index (χ4n) is 0.771. The van der Waals surface area contributed by atoms with Crippen LogP contribution in [0.25, 0.3) is 0 Å². The molecule has 0 fully saturated rings. The predicted octanol–water partition coefficient (Wildman–Crippen LogP) is 1.37. The first-order valence-electron chi connectivity index (χ1n) is 3.05. The van der Waals surface area contributed by atoms with E-state index in [-0.39, 0.29) is 5.92 Å². The number of hydrogen-bond donors (Lipinski definition) is 1. The topological polar surface area (TPSA) is 37.3 Å². The average molecular weight is 136 g/mol. The van der Waals surface area contributed by atoms with E-state index < -0.39 is 5.97 Å². The normalized spacial score (nSPS) is 17.2. The SMILES string of the molecule is O=C(O)/C=C/C1C=CC=C1. The molecule has 0 aliphatic heterocycles. The minimum atomic E-state index is -0.895. The van der Waals surface area contributed by atoms with Crippen molar-refractivity contribution < 1.29 is 9.90 Å². The first-order chi connectivity index (χ1) is 4.79. The lowest BCUT2D eigenvalue weighted by Gasteiger charge is -1.91. The fraction of sp³-hybridized carbons (Fsp3) is 0.125. The van der Waals surface area contributed by atoms with E-state index in [2.05, 4.69) is 0 Å². The zero-order valence-electron chi connectivity index (χ0n) is 5.40. The second-order valence-electron chi connectivity index (χ2n) is 2.04. The number of allylic oxidation sites excluding steroid dienone is 5. The van der Waals surface area contributed by atoms with Crippen LogP contribution < -0.4 is 0 Å². The third kappa shape index (κ3) is 1.90. The molecule has 2 nitrogen and oxygen atoms in total. The van der Waals surface area contributed by atoms with E-state index >= 15 is 0 Å². The summed E-state index contributed by atoms with van der Waals surface area (Å²) in [5, 5.41) is 8.24. The number of carbonyl (C=O) groups is 1. The molecule has 0 saturated carbocycles. The van der Waals surface area contributed by atoms with E-state index in [9.17, 15) is 4.79 Å². The first kappa shape index (κ1) is 6.81. The lowest BCUT2D eigenvalue weighted by atomic mass is 10.1. The molecule has 0 aromatic carbocycles. The molecule has 10 heavy (non-hydrogen) atoms. The van der Waals surface area contributed by atoms with Gasteiger partial charge in [0, 0.05) is 12.0 Å². The Morgan fingerprint density at radius 1 is 1.40 bits per heavy atom. The maximum Gasteiger partial charge on any atom is 0.328 e. The number of hydrogen-bond acceptors (Lipinski definition) is 1. The Morgan fingerprint density at radius 3 is 2.50 bits per heavy atom. The average Bonchev–Trinajstić information content (AvgIpc) is 2.34. The van der Waals surface area contributed by atoms with Crippen LogP contribution in [0.1, 0.15) is 0 Å². The molecule has 0 saturated heterocycles. The van der Waals surface area contributed by atoms with Gasteiger partial charge in [-0.3, -0.25) is 0 Å². The molecular weight excluding hydrogens is 128 g/mol. The van der Waals surface area contributed by atoms with Gasteiger partial charge in [-0.25, -0.2) is 4.79 Å². The maximum absolute atomic E-state index is 10.0. The van der Waals surface area contributed by atoms with Crippen molar-refractivity contribution in [3.63, 3.8) is 0 Å². The zero-order chi connectivity index (χ0) is 7.40. The quantitative estimate of drug-likeness (QED) is 0.582. The molecule has 0 amide bonds. The summed E-state index contributed by atoms with van der Waals surface area (Å²) in [6.45, 7) is 0. The van der Waals surface area contributed by atoms with Crippen molar-refractivity contribution in [1.29, 1.82) is 0 Å². The molecule has 0 atom stereocenters. The second-order valence-corrected chi connectivity index (χ2v) is 2.04. The van der Waals surface area contributed by atoms with Crippen LogP contribution in [0.4, 0.5) is 0 Å². The van der Waals surface area contributed by atoms with E-state index in [4.69, 9.17) is 5.11 Å². The number of carboxylic acids is 1. The van der Waals surface area contributed by atoms with Gasteiger partial charge in [-0.1, -0.05) is 30.4 Å². The molecule has 1 aliphatic rings. The van der Waals surface area contributed by atoms with Crippen LogP contribution in [0, 0.1) is 5.92 Å². The highest BCUT2D eigenvalue weighted by Gasteiger charge is 1.97. The maximum atomic E-state index is 10.0. The smallest absolute Gasteiger partial charge is 0.328 e. The molecule has 0 bridgehead atoms. The van der Waals surface area contributed by atoms with E-state index in [0.29, 0.717) is 0 Å². The number of aliphatic carboxylic acids is 1. The Morgan fingerprint density at radius 2 is 2.00 bits per heavy atom. The molecule has 0 aromatic rings. The Labute approximate surface area is 59.2 Å². The highest BCUT2D eigenvalue weighted by molar-refractivity contribution is 5.79. The van der Waals surface area contributed by atoms with Crippen molar-refractivity contribution >= 4 is 5.97 Å². The van der Waals surface area contributed by atoms with Crippen molar-refractivity contribution in [2.75, 3.05) is 0 Å². The van der Waals surface area contributed by atoms with Crippen molar-refractivity contribution in [3.05, 3.63) is 36.5 Å². The van der Waals surface area contributed by atoms with Gasteiger partial charge in [-0.2, -0.15) is 0 Å². The van der Waals surface area contributed by atoms with Crippen molar-refractivity contribution in [2.45, 2.75) is 0 Å². The van der Waals surface area contributed by atoms with Crippen LogP contribution in [-0.2, 0) is 4.79 Å². The summed E-state index contributed by atoms with van der Waals surface area (Å²) in [5.41, 5.74) is 0. The molecule has 0 heterocycles. The minimum Gasteiger partial charge on any atom is -0.478 e. The molecule has 0 radical (unpaired) electrons. The third-order valence-corrected chi connectivity index (χ3v) is 1.24. The van der Waals surface area contributed by atoms with Crippen LogP contribution in [0.15, 0.2) is 36.5 Å². The summed E-state index contributed by atoms with van der Waals surface area (Å²) < 4.78 is 0. The van der Waals surface area contributed by atoms with Gasteiger partial charge in [-0.15, -0.1) is 0 Å². The zero-order valence-corrected chi connectivity index (χ0v) is 5.40. The molecule has 0 aromatic heterocycles. The summed E-state index contributed by atoms with van der Waals surface area (Å²) in [6, 6.07) is 0. The fourth-order valence-corrected chi connectivity index (χ4v) is 0.771. The molecule has 52 valence electrons. The van der Waals surface area contributed by atoms with E-state index in [1.54, 1.807) is 6.08 Å². The summed E-state index contributed by atoms with van der Waals surface area (Å²) in [6.07, 6.45) is 10.5. The number of rotatable bonds is 2. The Balaban J connectivity index is 2.46. The van der Waals surface area contributed by atoms with E-state index in [1.807, 2.05) is 24.3 Å². The Hall–Kier alpha value is -1.31. The highest BCUT2D eigenvalue weighted by Crippen LogP contribution is 2.09. The summed E-state index contributed by atoms with van der Waals surface area (Å²) in [7, 11) is 0.